The number of aliphatic carboxylic acids is 1. The summed E-state index contributed by atoms with van der Waals surface area (Å²) in [6.45, 7) is 8.72. The molecule has 2 aromatic rings. The van der Waals surface area contributed by atoms with Crippen molar-refractivity contribution in [3.8, 4) is 0 Å². The van der Waals surface area contributed by atoms with Crippen molar-refractivity contribution in [3.05, 3.63) is 30.1 Å². The summed E-state index contributed by atoms with van der Waals surface area (Å²) in [4.78, 5) is 26.3. The molecule has 0 spiro atoms. The fourth-order valence-electron chi connectivity index (χ4n) is 4.26. The van der Waals surface area contributed by atoms with Crippen LogP contribution >= 0.6 is 11.8 Å². The van der Waals surface area contributed by atoms with Gasteiger partial charge in [0.15, 0.2) is 0 Å². The quantitative estimate of drug-likeness (QED) is 0.695. The second-order valence-corrected chi connectivity index (χ2v) is 9.69. The molecule has 1 aromatic carbocycles. The summed E-state index contributed by atoms with van der Waals surface area (Å²) >= 11 is 2.07. The lowest BCUT2D eigenvalue weighted by atomic mass is 10.0. The molecular weight excluding hydrogens is 398 g/mol. The smallest absolute Gasteiger partial charge is 0.326 e. The van der Waals surface area contributed by atoms with E-state index >= 15 is 0 Å². The number of benzene rings is 1. The van der Waals surface area contributed by atoms with Crippen LogP contribution in [0.4, 0.5) is 5.82 Å². The van der Waals surface area contributed by atoms with Crippen molar-refractivity contribution in [2.45, 2.75) is 38.9 Å². The van der Waals surface area contributed by atoms with E-state index in [2.05, 4.69) is 26.9 Å². The maximum Gasteiger partial charge on any atom is 0.326 e. The van der Waals surface area contributed by atoms with Crippen LogP contribution in [0.2, 0.25) is 0 Å². The highest BCUT2D eigenvalue weighted by atomic mass is 32.2. The molecule has 2 aliphatic rings. The Morgan fingerprint density at radius 2 is 2.00 bits per heavy atom. The molecule has 2 saturated heterocycles. The molecule has 0 radical (unpaired) electrons. The average Bonchev–Trinajstić information content (AvgIpc) is 3.27. The van der Waals surface area contributed by atoms with E-state index in [-0.39, 0.29) is 5.92 Å². The maximum absolute atomic E-state index is 11.7. The van der Waals surface area contributed by atoms with Gasteiger partial charge in [-0.25, -0.2) is 14.8 Å². The zero-order valence-electron chi connectivity index (χ0n) is 17.8. The SMILES string of the molecule is CC(C)[C@H](Nc1nc(CN2CCN(C3CCSC3)CC2)nc2ccccc12)C(=O)O. The van der Waals surface area contributed by atoms with Gasteiger partial charge in [-0.05, 0) is 30.2 Å². The number of carboxylic acid groups (broad SMARTS) is 1. The van der Waals surface area contributed by atoms with Crippen LogP contribution in [0.15, 0.2) is 24.3 Å². The molecule has 0 saturated carbocycles. The zero-order valence-corrected chi connectivity index (χ0v) is 18.6. The summed E-state index contributed by atoms with van der Waals surface area (Å²) in [5, 5.41) is 13.6. The van der Waals surface area contributed by atoms with Crippen LogP contribution in [0.25, 0.3) is 10.9 Å². The van der Waals surface area contributed by atoms with Crippen molar-refractivity contribution in [2.75, 3.05) is 43.0 Å². The fourth-order valence-corrected chi connectivity index (χ4v) is 5.52. The summed E-state index contributed by atoms with van der Waals surface area (Å²) in [6.07, 6.45) is 1.31. The van der Waals surface area contributed by atoms with Gasteiger partial charge in [-0.15, -0.1) is 0 Å². The van der Waals surface area contributed by atoms with E-state index in [1.807, 2.05) is 38.1 Å². The number of hydrogen-bond acceptors (Lipinski definition) is 7. The molecule has 0 bridgehead atoms. The molecule has 1 aromatic heterocycles. The molecule has 2 aliphatic heterocycles. The van der Waals surface area contributed by atoms with Crippen molar-refractivity contribution in [1.82, 2.24) is 19.8 Å². The van der Waals surface area contributed by atoms with Crippen molar-refractivity contribution in [3.63, 3.8) is 0 Å². The van der Waals surface area contributed by atoms with Gasteiger partial charge in [0.25, 0.3) is 0 Å². The third-order valence-corrected chi connectivity index (χ3v) is 7.21. The highest BCUT2D eigenvalue weighted by Crippen LogP contribution is 2.25. The first-order valence-electron chi connectivity index (χ1n) is 10.8. The topological polar surface area (TPSA) is 81.6 Å². The first kappa shape index (κ1) is 21.3. The third kappa shape index (κ3) is 4.87. The number of hydrogen-bond donors (Lipinski definition) is 2. The van der Waals surface area contributed by atoms with Crippen LogP contribution in [-0.4, -0.2) is 80.6 Å². The van der Waals surface area contributed by atoms with Crippen molar-refractivity contribution < 1.29 is 9.90 Å². The lowest BCUT2D eigenvalue weighted by Gasteiger charge is -2.37. The highest BCUT2D eigenvalue weighted by molar-refractivity contribution is 7.99. The minimum atomic E-state index is -0.865. The number of anilines is 1. The van der Waals surface area contributed by atoms with Crippen molar-refractivity contribution in [1.29, 1.82) is 0 Å². The maximum atomic E-state index is 11.7. The molecule has 1 unspecified atom stereocenters. The molecule has 7 nitrogen and oxygen atoms in total. The van der Waals surface area contributed by atoms with Gasteiger partial charge < -0.3 is 10.4 Å². The Bertz CT molecular complexity index is 879. The minimum Gasteiger partial charge on any atom is -0.480 e. The number of aromatic nitrogens is 2. The number of thioether (sulfide) groups is 1. The zero-order chi connectivity index (χ0) is 21.1. The van der Waals surface area contributed by atoms with Crippen LogP contribution in [0.3, 0.4) is 0 Å². The standard InChI is InChI=1S/C22H31N5O2S/c1-15(2)20(22(28)29)25-21-17-5-3-4-6-18(17)23-19(24-21)13-26-8-10-27(11-9-26)16-7-12-30-14-16/h3-6,15-16,20H,7-14H2,1-2H3,(H,28,29)(H,23,24,25)/t16?,20-/m0/s1. The van der Waals surface area contributed by atoms with Gasteiger partial charge in [0, 0.05) is 43.4 Å². The molecular formula is C22H31N5O2S. The Labute approximate surface area is 182 Å². The van der Waals surface area contributed by atoms with E-state index < -0.39 is 12.0 Å². The molecule has 8 heteroatoms. The first-order valence-corrected chi connectivity index (χ1v) is 12.0. The monoisotopic (exact) mass is 429 g/mol. The molecule has 30 heavy (non-hydrogen) atoms. The van der Waals surface area contributed by atoms with E-state index in [1.54, 1.807) is 0 Å². The normalized spacial score (nSPS) is 21.9. The average molecular weight is 430 g/mol. The number of rotatable bonds is 7. The van der Waals surface area contributed by atoms with Crippen LogP contribution in [0.5, 0.6) is 0 Å². The third-order valence-electron chi connectivity index (χ3n) is 6.07. The fraction of sp³-hybridized carbons (Fsp3) is 0.591. The van der Waals surface area contributed by atoms with Gasteiger partial charge in [-0.1, -0.05) is 26.0 Å². The second kappa shape index (κ2) is 9.49. The molecule has 2 atom stereocenters. The Morgan fingerprint density at radius 3 is 2.67 bits per heavy atom. The van der Waals surface area contributed by atoms with E-state index in [9.17, 15) is 9.90 Å². The summed E-state index contributed by atoms with van der Waals surface area (Å²) in [6, 6.07) is 7.85. The van der Waals surface area contributed by atoms with Crippen molar-refractivity contribution >= 4 is 34.5 Å². The molecule has 0 aliphatic carbocycles. The number of para-hydroxylation sites is 1. The molecule has 2 fully saturated rings. The predicted molar refractivity (Wildman–Crippen MR) is 122 cm³/mol. The van der Waals surface area contributed by atoms with Gasteiger partial charge in [0.05, 0.1) is 12.1 Å². The lowest BCUT2D eigenvalue weighted by Crippen LogP contribution is -2.50. The Morgan fingerprint density at radius 1 is 1.23 bits per heavy atom. The number of nitrogens with one attached hydrogen (secondary N) is 1. The Kier molecular flexibility index (Phi) is 6.75. The van der Waals surface area contributed by atoms with Crippen LogP contribution in [0, 0.1) is 5.92 Å². The summed E-state index contributed by atoms with van der Waals surface area (Å²) in [5.41, 5.74) is 0.847. The summed E-state index contributed by atoms with van der Waals surface area (Å²) < 4.78 is 0. The van der Waals surface area contributed by atoms with Gasteiger partial charge in [0.1, 0.15) is 17.7 Å². The second-order valence-electron chi connectivity index (χ2n) is 8.54. The van der Waals surface area contributed by atoms with Gasteiger partial charge in [-0.2, -0.15) is 11.8 Å². The number of carboxylic acids is 1. The minimum absolute atomic E-state index is 0.0542. The van der Waals surface area contributed by atoms with Gasteiger partial charge in [0.2, 0.25) is 0 Å². The van der Waals surface area contributed by atoms with Crippen LogP contribution < -0.4 is 5.32 Å². The number of carbonyl (C=O) groups is 1. The van der Waals surface area contributed by atoms with E-state index in [4.69, 9.17) is 9.97 Å². The first-order chi connectivity index (χ1) is 14.5. The van der Waals surface area contributed by atoms with Gasteiger partial charge in [-0.3, -0.25) is 9.80 Å². The number of fused-ring (bicyclic) bond motifs is 1. The van der Waals surface area contributed by atoms with Crippen LogP contribution in [0.1, 0.15) is 26.1 Å². The molecule has 2 N–H and O–H groups in total. The van der Waals surface area contributed by atoms with Crippen LogP contribution in [-0.2, 0) is 11.3 Å². The molecule has 3 heterocycles. The summed E-state index contributed by atoms with van der Waals surface area (Å²) in [5.74, 6) is 2.99. The van der Waals surface area contributed by atoms with Crippen molar-refractivity contribution in [2.24, 2.45) is 5.92 Å². The molecule has 4 rings (SSSR count). The van der Waals surface area contributed by atoms with E-state index in [0.717, 1.165) is 48.9 Å². The Balaban J connectivity index is 1.49. The number of nitrogens with zero attached hydrogens (tertiary/aromatic N) is 4. The lowest BCUT2D eigenvalue weighted by molar-refractivity contribution is -0.138. The van der Waals surface area contributed by atoms with E-state index in [1.165, 1.54) is 17.9 Å². The Hall–Kier alpha value is -1.90. The predicted octanol–water partition coefficient (Wildman–Crippen LogP) is 2.77. The largest absolute Gasteiger partial charge is 0.480 e. The highest BCUT2D eigenvalue weighted by Gasteiger charge is 2.27. The van der Waals surface area contributed by atoms with Gasteiger partial charge >= 0.3 is 5.97 Å². The number of piperazine rings is 1. The van der Waals surface area contributed by atoms with E-state index in [0.29, 0.717) is 12.4 Å². The molecule has 162 valence electrons. The molecule has 0 amide bonds. The summed E-state index contributed by atoms with van der Waals surface area (Å²) in [7, 11) is 0.